The van der Waals surface area contributed by atoms with Crippen LogP contribution in [0.4, 0.5) is 0 Å². The molecule has 0 aromatic rings. The fourth-order valence-corrected chi connectivity index (χ4v) is 9.87. The van der Waals surface area contributed by atoms with Gasteiger partial charge in [0.2, 0.25) is 5.91 Å². The molecule has 1 fully saturated rings. The maximum absolute atomic E-state index is 13.1. The molecule has 0 aromatic heterocycles. The molecule has 0 aromatic carbocycles. The van der Waals surface area contributed by atoms with Crippen molar-refractivity contribution in [3.05, 3.63) is 12.2 Å². The van der Waals surface area contributed by atoms with Gasteiger partial charge in [-0.1, -0.05) is 270 Å². The third-order valence-corrected chi connectivity index (χ3v) is 14.7. The average molecular weight is 983 g/mol. The molecule has 0 spiro atoms. The summed E-state index contributed by atoms with van der Waals surface area (Å²) < 4.78 is 11.2. The molecule has 1 aliphatic heterocycles. The van der Waals surface area contributed by atoms with E-state index in [1.54, 1.807) is 0 Å². The average Bonchev–Trinajstić information content (AvgIpc) is 3.35. The predicted molar refractivity (Wildman–Crippen MR) is 287 cm³/mol. The number of ether oxygens (including phenoxy) is 2. The zero-order chi connectivity index (χ0) is 50.3. The number of aliphatic hydroxyl groups is 6. The van der Waals surface area contributed by atoms with Crippen molar-refractivity contribution in [1.82, 2.24) is 5.32 Å². The third-order valence-electron chi connectivity index (χ3n) is 14.7. The van der Waals surface area contributed by atoms with Crippen LogP contribution in [0.1, 0.15) is 296 Å². The van der Waals surface area contributed by atoms with Gasteiger partial charge in [-0.15, -0.1) is 0 Å². The van der Waals surface area contributed by atoms with Crippen LogP contribution in [-0.2, 0) is 14.3 Å². The summed E-state index contributed by atoms with van der Waals surface area (Å²) in [7, 11) is 0. The van der Waals surface area contributed by atoms with Gasteiger partial charge >= 0.3 is 0 Å². The maximum Gasteiger partial charge on any atom is 0.249 e. The lowest BCUT2D eigenvalue weighted by atomic mass is 9.99. The van der Waals surface area contributed by atoms with Crippen molar-refractivity contribution in [3.8, 4) is 0 Å². The van der Waals surface area contributed by atoms with Crippen LogP contribution in [0.15, 0.2) is 12.2 Å². The van der Waals surface area contributed by atoms with Crippen molar-refractivity contribution in [2.75, 3.05) is 13.2 Å². The summed E-state index contributed by atoms with van der Waals surface area (Å²) in [5.41, 5.74) is 0. The van der Waals surface area contributed by atoms with E-state index in [2.05, 4.69) is 31.3 Å². The Hall–Kier alpha value is -1.11. The summed E-state index contributed by atoms with van der Waals surface area (Å²) in [5.74, 6) is -0.579. The van der Waals surface area contributed by atoms with Crippen LogP contribution in [-0.4, -0.2) is 98.7 Å². The molecule has 10 heteroatoms. The first-order valence-electron chi connectivity index (χ1n) is 30.0. The van der Waals surface area contributed by atoms with Crippen LogP contribution in [0.5, 0.6) is 0 Å². The minimum absolute atomic E-state index is 0.251. The van der Waals surface area contributed by atoms with Gasteiger partial charge in [-0.3, -0.25) is 4.79 Å². The van der Waals surface area contributed by atoms with E-state index in [0.717, 1.165) is 44.9 Å². The monoisotopic (exact) mass is 982 g/mol. The Balaban J connectivity index is 2.12. The number of amides is 1. The summed E-state index contributed by atoms with van der Waals surface area (Å²) in [6.07, 6.45) is 50.2. The molecule has 69 heavy (non-hydrogen) atoms. The van der Waals surface area contributed by atoms with Gasteiger partial charge in [0.05, 0.1) is 25.4 Å². The number of carbonyl (C=O) groups is 1. The van der Waals surface area contributed by atoms with E-state index in [9.17, 15) is 35.4 Å². The number of nitrogens with one attached hydrogen (secondary N) is 1. The number of unbranched alkanes of at least 4 members (excludes halogenated alkanes) is 39. The molecule has 0 radical (unpaired) electrons. The molecular weight excluding hydrogens is 867 g/mol. The number of rotatable bonds is 52. The summed E-state index contributed by atoms with van der Waals surface area (Å²) >= 11 is 0. The van der Waals surface area contributed by atoms with Crippen molar-refractivity contribution in [2.45, 2.75) is 345 Å². The summed E-state index contributed by atoms with van der Waals surface area (Å²) in [4.78, 5) is 13.1. The molecule has 410 valence electrons. The van der Waals surface area contributed by atoms with Gasteiger partial charge in [0.1, 0.15) is 30.5 Å². The Morgan fingerprint density at radius 2 is 0.812 bits per heavy atom. The Kier molecular flexibility index (Phi) is 46.9. The highest BCUT2D eigenvalue weighted by molar-refractivity contribution is 5.80. The number of hydrogen-bond donors (Lipinski definition) is 7. The van der Waals surface area contributed by atoms with E-state index < -0.39 is 61.5 Å². The first-order valence-corrected chi connectivity index (χ1v) is 30.0. The van der Waals surface area contributed by atoms with Gasteiger partial charge in [-0.25, -0.2) is 0 Å². The molecule has 8 unspecified atom stereocenters. The largest absolute Gasteiger partial charge is 0.394 e. The molecule has 1 heterocycles. The first kappa shape index (κ1) is 65.9. The number of aliphatic hydroxyl groups excluding tert-OH is 6. The smallest absolute Gasteiger partial charge is 0.249 e. The van der Waals surface area contributed by atoms with Crippen LogP contribution < -0.4 is 5.32 Å². The Labute approximate surface area is 425 Å². The molecule has 1 rings (SSSR count). The number of carbonyl (C=O) groups excluding carboxylic acids is 1. The van der Waals surface area contributed by atoms with E-state index in [4.69, 9.17) is 9.47 Å². The predicted octanol–water partition coefficient (Wildman–Crippen LogP) is 13.8. The van der Waals surface area contributed by atoms with Gasteiger partial charge < -0.3 is 45.4 Å². The van der Waals surface area contributed by atoms with Crippen molar-refractivity contribution < 1.29 is 44.9 Å². The molecule has 10 nitrogen and oxygen atoms in total. The highest BCUT2D eigenvalue weighted by Crippen LogP contribution is 2.23. The van der Waals surface area contributed by atoms with E-state index in [0.29, 0.717) is 12.8 Å². The van der Waals surface area contributed by atoms with E-state index in [1.807, 2.05) is 0 Å². The molecule has 1 aliphatic rings. The van der Waals surface area contributed by atoms with E-state index in [1.165, 1.54) is 225 Å². The second kappa shape index (κ2) is 49.1. The van der Waals surface area contributed by atoms with Crippen molar-refractivity contribution in [2.24, 2.45) is 0 Å². The molecule has 1 saturated heterocycles. The van der Waals surface area contributed by atoms with Gasteiger partial charge in [-0.2, -0.15) is 0 Å². The first-order chi connectivity index (χ1) is 33.8. The Bertz CT molecular complexity index is 1110. The number of hydrogen-bond acceptors (Lipinski definition) is 9. The fraction of sp³-hybridized carbons (Fsp3) is 0.949. The second-order valence-corrected chi connectivity index (χ2v) is 21.3. The van der Waals surface area contributed by atoms with Gasteiger partial charge in [0.25, 0.3) is 0 Å². The summed E-state index contributed by atoms with van der Waals surface area (Å²) in [5, 5.41) is 65.1. The van der Waals surface area contributed by atoms with Crippen molar-refractivity contribution >= 4 is 5.91 Å². The standard InChI is InChI=1S/C59H115NO9/c1-3-5-7-9-11-13-15-17-18-19-20-21-22-23-24-25-26-27-28-29-30-31-32-33-34-35-36-38-40-42-44-46-48-53(63)58(67)60-51(50-68-59-57(66)56(65)55(64)54(49-61)69-59)52(62)47-45-43-41-39-37-16-14-12-10-8-6-4-2/h23-24,51-57,59,61-66H,3-22,25-50H2,1-2H3,(H,60,67)/b24-23-. The topological polar surface area (TPSA) is 169 Å². The van der Waals surface area contributed by atoms with Crippen molar-refractivity contribution in [3.63, 3.8) is 0 Å². The number of allylic oxidation sites excluding steroid dienone is 2. The zero-order valence-corrected chi connectivity index (χ0v) is 45.2. The summed E-state index contributed by atoms with van der Waals surface area (Å²) in [6.45, 7) is 3.69. The van der Waals surface area contributed by atoms with Crippen molar-refractivity contribution in [1.29, 1.82) is 0 Å². The minimum Gasteiger partial charge on any atom is -0.394 e. The molecular formula is C59H115NO9. The third kappa shape index (κ3) is 38.2. The van der Waals surface area contributed by atoms with Gasteiger partial charge in [0, 0.05) is 0 Å². The quantitative estimate of drug-likeness (QED) is 0.0232. The molecule has 0 aliphatic carbocycles. The minimum atomic E-state index is -1.59. The van der Waals surface area contributed by atoms with E-state index in [-0.39, 0.29) is 6.61 Å². The zero-order valence-electron chi connectivity index (χ0n) is 45.2. The van der Waals surface area contributed by atoms with Crippen LogP contribution in [0.2, 0.25) is 0 Å². The highest BCUT2D eigenvalue weighted by Gasteiger charge is 2.44. The molecule has 1 amide bonds. The van der Waals surface area contributed by atoms with Crippen LogP contribution >= 0.6 is 0 Å². The lowest BCUT2D eigenvalue weighted by Gasteiger charge is -2.40. The fourth-order valence-electron chi connectivity index (χ4n) is 9.87. The summed E-state index contributed by atoms with van der Waals surface area (Å²) in [6, 6.07) is -0.890. The highest BCUT2D eigenvalue weighted by atomic mass is 16.7. The second-order valence-electron chi connectivity index (χ2n) is 21.3. The maximum atomic E-state index is 13.1. The Morgan fingerprint density at radius 1 is 0.478 bits per heavy atom. The van der Waals surface area contributed by atoms with Crippen LogP contribution in [0.25, 0.3) is 0 Å². The lowest BCUT2D eigenvalue weighted by molar-refractivity contribution is -0.302. The molecule has 0 bridgehead atoms. The van der Waals surface area contributed by atoms with Gasteiger partial charge in [0.15, 0.2) is 6.29 Å². The van der Waals surface area contributed by atoms with Crippen LogP contribution in [0.3, 0.4) is 0 Å². The molecule has 0 saturated carbocycles. The van der Waals surface area contributed by atoms with E-state index >= 15 is 0 Å². The normalized spacial score (nSPS) is 19.9. The molecule has 7 N–H and O–H groups in total. The van der Waals surface area contributed by atoms with Crippen LogP contribution in [0, 0.1) is 0 Å². The lowest BCUT2D eigenvalue weighted by Crippen LogP contribution is -2.60. The Morgan fingerprint density at radius 3 is 1.17 bits per heavy atom. The molecule has 8 atom stereocenters. The van der Waals surface area contributed by atoms with Gasteiger partial charge in [-0.05, 0) is 38.5 Å². The SMILES string of the molecule is CCCCCCCCCCCCCC/C=C\CCCCCCCCCCCCCCCCCCC(O)C(=O)NC(COC1OC(CO)C(O)C(O)C1O)C(O)CCCCCCCCCCCCCC.